The maximum Gasteiger partial charge on any atom is 0.410 e. The number of carbonyl (C=O) groups excluding carboxylic acids is 1. The molecule has 1 aliphatic rings. The van der Waals surface area contributed by atoms with Gasteiger partial charge in [-0.3, -0.25) is 0 Å². The molecule has 1 saturated heterocycles. The van der Waals surface area contributed by atoms with Crippen LogP contribution in [0, 0.1) is 0 Å². The van der Waals surface area contributed by atoms with Crippen molar-refractivity contribution >= 4 is 23.6 Å². The molecule has 1 aromatic heterocycles. The molecule has 2 heterocycles. The van der Waals surface area contributed by atoms with Gasteiger partial charge in [0.25, 0.3) is 0 Å². The van der Waals surface area contributed by atoms with Crippen molar-refractivity contribution in [1.29, 1.82) is 0 Å². The first kappa shape index (κ1) is 21.2. The van der Waals surface area contributed by atoms with Gasteiger partial charge in [0.2, 0.25) is 5.95 Å². The lowest BCUT2D eigenvalue weighted by molar-refractivity contribution is 0.0240. The number of hydrogen-bond acceptors (Lipinski definition) is 5. The second-order valence-electron chi connectivity index (χ2n) is 7.77. The van der Waals surface area contributed by atoms with E-state index in [-0.39, 0.29) is 16.7 Å². The Morgan fingerprint density at radius 2 is 1.69 bits per heavy atom. The monoisotopic (exact) mass is 424 g/mol. The van der Waals surface area contributed by atoms with Crippen molar-refractivity contribution in [2.45, 2.75) is 32.3 Å². The fourth-order valence-corrected chi connectivity index (χ4v) is 3.10. The lowest BCUT2D eigenvalue weighted by atomic mass is 10.1. The first-order chi connectivity index (χ1) is 13.6. The van der Waals surface area contributed by atoms with Crippen molar-refractivity contribution in [2.24, 2.45) is 0 Å². The number of anilines is 1. The molecule has 0 spiro atoms. The van der Waals surface area contributed by atoms with Crippen molar-refractivity contribution in [3.63, 3.8) is 0 Å². The standard InChI is InChI=1S/C20H23ClF2N4O2/c1-19(2,3)29-18(28)27-11-9-26(10-12-27)17-24-15(13-16(21)25-17)20(22,23)14-7-5-4-6-8-14/h4-8,13H,9-12H2,1-3H3. The van der Waals surface area contributed by atoms with E-state index in [0.717, 1.165) is 6.07 Å². The van der Waals surface area contributed by atoms with E-state index in [4.69, 9.17) is 16.3 Å². The number of nitrogens with zero attached hydrogens (tertiary/aromatic N) is 4. The molecule has 9 heteroatoms. The summed E-state index contributed by atoms with van der Waals surface area (Å²) in [6.07, 6.45) is -0.402. The minimum absolute atomic E-state index is 0.0600. The van der Waals surface area contributed by atoms with Crippen LogP contribution < -0.4 is 4.90 Å². The molecule has 1 aromatic carbocycles. The minimum atomic E-state index is -3.30. The van der Waals surface area contributed by atoms with E-state index in [2.05, 4.69) is 9.97 Å². The van der Waals surface area contributed by atoms with Crippen LogP contribution in [0.1, 0.15) is 32.0 Å². The highest BCUT2D eigenvalue weighted by Gasteiger charge is 2.37. The Morgan fingerprint density at radius 3 is 2.28 bits per heavy atom. The molecular weight excluding hydrogens is 402 g/mol. The van der Waals surface area contributed by atoms with Crippen molar-refractivity contribution < 1.29 is 18.3 Å². The zero-order valence-electron chi connectivity index (χ0n) is 16.5. The molecule has 0 aliphatic carbocycles. The number of piperazine rings is 1. The molecule has 0 radical (unpaired) electrons. The number of ether oxygens (including phenoxy) is 1. The van der Waals surface area contributed by atoms with Gasteiger partial charge in [-0.2, -0.15) is 8.78 Å². The number of carbonyl (C=O) groups is 1. The number of halogens is 3. The molecule has 1 fully saturated rings. The van der Waals surface area contributed by atoms with Crippen LogP contribution in [-0.4, -0.2) is 52.7 Å². The zero-order valence-corrected chi connectivity index (χ0v) is 17.3. The molecule has 2 aromatic rings. The van der Waals surface area contributed by atoms with E-state index in [1.807, 2.05) is 0 Å². The summed E-state index contributed by atoms with van der Waals surface area (Å²) >= 11 is 6.02. The van der Waals surface area contributed by atoms with Crippen LogP contribution in [0.2, 0.25) is 5.15 Å². The molecule has 0 bridgehead atoms. The van der Waals surface area contributed by atoms with Crippen LogP contribution in [0.25, 0.3) is 0 Å². The number of rotatable bonds is 3. The predicted molar refractivity (Wildman–Crippen MR) is 107 cm³/mol. The third-order valence-electron chi connectivity index (χ3n) is 4.36. The van der Waals surface area contributed by atoms with Crippen LogP contribution in [0.3, 0.4) is 0 Å². The third kappa shape index (κ3) is 5.12. The lowest BCUT2D eigenvalue weighted by Crippen LogP contribution is -2.50. The average Bonchev–Trinajstić information content (AvgIpc) is 2.67. The molecule has 0 N–H and O–H groups in total. The second-order valence-corrected chi connectivity index (χ2v) is 8.16. The van der Waals surface area contributed by atoms with Crippen LogP contribution >= 0.6 is 11.6 Å². The van der Waals surface area contributed by atoms with Gasteiger partial charge in [0.05, 0.1) is 0 Å². The summed E-state index contributed by atoms with van der Waals surface area (Å²) < 4.78 is 35.2. The molecule has 0 unspecified atom stereocenters. The topological polar surface area (TPSA) is 58.6 Å². The summed E-state index contributed by atoms with van der Waals surface area (Å²) in [6, 6.07) is 8.52. The molecule has 6 nitrogen and oxygen atoms in total. The third-order valence-corrected chi connectivity index (χ3v) is 4.55. The van der Waals surface area contributed by atoms with E-state index in [1.54, 1.807) is 48.8 Å². The Bertz CT molecular complexity index is 867. The van der Waals surface area contributed by atoms with E-state index in [9.17, 15) is 13.6 Å². The van der Waals surface area contributed by atoms with Gasteiger partial charge in [-0.1, -0.05) is 41.9 Å². The molecule has 29 heavy (non-hydrogen) atoms. The SMILES string of the molecule is CC(C)(C)OC(=O)N1CCN(c2nc(Cl)cc(C(F)(F)c3ccccc3)n2)CC1. The van der Waals surface area contributed by atoms with Crippen LogP contribution in [0.15, 0.2) is 36.4 Å². The molecular formula is C20H23ClF2N4O2. The Kier molecular flexibility index (Phi) is 5.93. The van der Waals surface area contributed by atoms with Gasteiger partial charge < -0.3 is 14.5 Å². The first-order valence-corrected chi connectivity index (χ1v) is 9.65. The Hall–Kier alpha value is -2.48. The summed E-state index contributed by atoms with van der Waals surface area (Å²) in [5.74, 6) is -3.19. The quantitative estimate of drug-likeness (QED) is 0.686. The molecule has 3 rings (SSSR count). The summed E-state index contributed by atoms with van der Waals surface area (Å²) in [7, 11) is 0. The van der Waals surface area contributed by atoms with Crippen molar-refractivity contribution in [1.82, 2.24) is 14.9 Å². The van der Waals surface area contributed by atoms with E-state index >= 15 is 0 Å². The Morgan fingerprint density at radius 1 is 1.07 bits per heavy atom. The van der Waals surface area contributed by atoms with E-state index in [0.29, 0.717) is 26.2 Å². The largest absolute Gasteiger partial charge is 0.444 e. The minimum Gasteiger partial charge on any atom is -0.444 e. The number of aromatic nitrogens is 2. The van der Waals surface area contributed by atoms with E-state index in [1.165, 1.54) is 12.1 Å². The highest BCUT2D eigenvalue weighted by Crippen LogP contribution is 2.36. The molecule has 0 atom stereocenters. The second kappa shape index (κ2) is 8.10. The summed E-state index contributed by atoms with van der Waals surface area (Å²) in [4.78, 5) is 23.7. The van der Waals surface area contributed by atoms with Gasteiger partial charge in [-0.25, -0.2) is 14.8 Å². The number of amides is 1. The summed E-state index contributed by atoms with van der Waals surface area (Å²) in [5.41, 5.74) is -1.22. The highest BCUT2D eigenvalue weighted by atomic mass is 35.5. The summed E-state index contributed by atoms with van der Waals surface area (Å²) in [5, 5.41) is -0.0600. The Labute approximate surface area is 173 Å². The van der Waals surface area contributed by atoms with E-state index < -0.39 is 23.3 Å². The van der Waals surface area contributed by atoms with Crippen LogP contribution in [-0.2, 0) is 10.7 Å². The fraction of sp³-hybridized carbons (Fsp3) is 0.450. The smallest absolute Gasteiger partial charge is 0.410 e. The summed E-state index contributed by atoms with van der Waals surface area (Å²) in [6.45, 7) is 6.91. The van der Waals surface area contributed by atoms with Gasteiger partial charge in [-0.15, -0.1) is 0 Å². The van der Waals surface area contributed by atoms with Gasteiger partial charge in [0, 0.05) is 37.8 Å². The van der Waals surface area contributed by atoms with Crippen LogP contribution in [0.5, 0.6) is 0 Å². The van der Waals surface area contributed by atoms with Gasteiger partial charge in [-0.05, 0) is 20.8 Å². The van der Waals surface area contributed by atoms with Gasteiger partial charge in [0.1, 0.15) is 16.4 Å². The Balaban J connectivity index is 1.75. The zero-order chi connectivity index (χ0) is 21.2. The predicted octanol–water partition coefficient (Wildman–Crippen LogP) is 4.33. The highest BCUT2D eigenvalue weighted by molar-refractivity contribution is 6.29. The molecule has 0 saturated carbocycles. The normalized spacial score (nSPS) is 15.4. The number of alkyl halides is 2. The van der Waals surface area contributed by atoms with Crippen molar-refractivity contribution in [3.05, 3.63) is 52.8 Å². The first-order valence-electron chi connectivity index (χ1n) is 9.27. The van der Waals surface area contributed by atoms with Crippen LogP contribution in [0.4, 0.5) is 19.5 Å². The van der Waals surface area contributed by atoms with Gasteiger partial charge >= 0.3 is 12.0 Å². The molecule has 1 amide bonds. The number of benzene rings is 1. The number of hydrogen-bond donors (Lipinski definition) is 0. The average molecular weight is 425 g/mol. The van der Waals surface area contributed by atoms with Gasteiger partial charge in [0.15, 0.2) is 0 Å². The fourth-order valence-electron chi connectivity index (χ4n) is 2.92. The molecule has 156 valence electrons. The molecule has 1 aliphatic heterocycles. The maximum absolute atomic E-state index is 14.9. The van der Waals surface area contributed by atoms with Crippen molar-refractivity contribution in [2.75, 3.05) is 31.1 Å². The maximum atomic E-state index is 14.9. The van der Waals surface area contributed by atoms with Crippen molar-refractivity contribution in [3.8, 4) is 0 Å². The lowest BCUT2D eigenvalue weighted by Gasteiger charge is -2.35.